The van der Waals surface area contributed by atoms with E-state index in [-0.39, 0.29) is 5.92 Å². The first-order valence-corrected chi connectivity index (χ1v) is 9.84. The van der Waals surface area contributed by atoms with Gasteiger partial charge in [0.1, 0.15) is 0 Å². The lowest BCUT2D eigenvalue weighted by Gasteiger charge is -2.40. The van der Waals surface area contributed by atoms with E-state index in [1.54, 1.807) is 0 Å². The number of allylic oxidation sites excluding steroid dienone is 4. The number of hydrogen-bond acceptors (Lipinski definition) is 1. The van der Waals surface area contributed by atoms with E-state index in [1.807, 2.05) is 0 Å². The van der Waals surface area contributed by atoms with E-state index >= 15 is 0 Å². The molecule has 0 aromatic rings. The van der Waals surface area contributed by atoms with E-state index in [2.05, 4.69) is 64.2 Å². The topological polar surface area (TPSA) is 20.2 Å². The lowest BCUT2D eigenvalue weighted by molar-refractivity contribution is 0.0110. The van der Waals surface area contributed by atoms with Crippen LogP contribution in [-0.2, 0) is 0 Å². The maximum absolute atomic E-state index is 11.1. The highest BCUT2D eigenvalue weighted by atomic mass is 16.3. The quantitative estimate of drug-likeness (QED) is 0.603. The average Bonchev–Trinajstić information content (AvgIpc) is 2.60. The van der Waals surface area contributed by atoms with Gasteiger partial charge in [0.05, 0.1) is 5.60 Å². The molecule has 1 heteroatoms. The molecule has 0 aromatic heterocycles. The van der Waals surface area contributed by atoms with Crippen LogP contribution >= 0.6 is 0 Å². The van der Waals surface area contributed by atoms with Crippen LogP contribution < -0.4 is 0 Å². The molecule has 0 amide bonds. The summed E-state index contributed by atoms with van der Waals surface area (Å²) in [6, 6.07) is 0. The first-order chi connectivity index (χ1) is 11.1. The summed E-state index contributed by atoms with van der Waals surface area (Å²) in [4.78, 5) is 0. The van der Waals surface area contributed by atoms with Gasteiger partial charge < -0.3 is 5.11 Å². The third-order valence-electron chi connectivity index (χ3n) is 6.42. The van der Waals surface area contributed by atoms with Gasteiger partial charge >= 0.3 is 0 Å². The summed E-state index contributed by atoms with van der Waals surface area (Å²) in [6.07, 6.45) is 20.6. The molecule has 6 atom stereocenters. The van der Waals surface area contributed by atoms with Gasteiger partial charge in [0, 0.05) is 5.92 Å². The van der Waals surface area contributed by atoms with E-state index in [9.17, 15) is 5.11 Å². The van der Waals surface area contributed by atoms with Crippen LogP contribution in [0.5, 0.6) is 0 Å². The minimum Gasteiger partial charge on any atom is -0.385 e. The zero-order chi connectivity index (χ0) is 16.9. The largest absolute Gasteiger partial charge is 0.385 e. The molecular formula is C22H36O. The fraction of sp³-hybridized carbons (Fsp3) is 0.727. The van der Waals surface area contributed by atoms with Crippen LogP contribution in [0.4, 0.5) is 0 Å². The second kappa shape index (κ2) is 8.33. The molecule has 0 heterocycles. The summed E-state index contributed by atoms with van der Waals surface area (Å²) in [7, 11) is 0. The molecule has 0 radical (unpaired) electrons. The van der Waals surface area contributed by atoms with Gasteiger partial charge in [-0.15, -0.1) is 0 Å². The highest BCUT2D eigenvalue weighted by Crippen LogP contribution is 2.41. The molecule has 1 nitrogen and oxygen atoms in total. The van der Waals surface area contributed by atoms with E-state index in [1.165, 1.54) is 19.3 Å². The predicted octanol–water partition coefficient (Wildman–Crippen LogP) is 5.91. The van der Waals surface area contributed by atoms with Crippen LogP contribution in [0.25, 0.3) is 0 Å². The Morgan fingerprint density at radius 3 is 2.26 bits per heavy atom. The Bertz CT molecular complexity index is 447. The van der Waals surface area contributed by atoms with E-state index in [4.69, 9.17) is 0 Å². The number of aliphatic hydroxyl groups is 1. The van der Waals surface area contributed by atoms with Crippen LogP contribution in [0.2, 0.25) is 0 Å². The molecule has 0 bridgehead atoms. The van der Waals surface area contributed by atoms with Gasteiger partial charge in [-0.05, 0) is 49.4 Å². The zero-order valence-corrected chi connectivity index (χ0v) is 15.5. The second-order valence-corrected chi connectivity index (χ2v) is 7.54. The third kappa shape index (κ3) is 3.99. The summed E-state index contributed by atoms with van der Waals surface area (Å²) in [5, 5.41) is 11.1. The Labute approximate surface area is 143 Å². The summed E-state index contributed by atoms with van der Waals surface area (Å²) in [6.45, 7) is 8.98. The lowest BCUT2D eigenvalue weighted by atomic mass is 9.68. The molecule has 23 heavy (non-hydrogen) atoms. The molecule has 6 unspecified atom stereocenters. The Hall–Kier alpha value is -0.820. The van der Waals surface area contributed by atoms with Crippen molar-refractivity contribution in [1.29, 1.82) is 0 Å². The molecule has 2 aliphatic carbocycles. The number of hydrogen-bond donors (Lipinski definition) is 1. The van der Waals surface area contributed by atoms with Crippen LogP contribution in [0.1, 0.15) is 66.2 Å². The fourth-order valence-electron chi connectivity index (χ4n) is 4.67. The molecule has 0 spiro atoms. The molecule has 0 aliphatic heterocycles. The predicted molar refractivity (Wildman–Crippen MR) is 100 cm³/mol. The molecule has 1 N–H and O–H groups in total. The molecule has 2 rings (SSSR count). The molecule has 0 saturated carbocycles. The SMILES string of the molecule is CCC1C=CCC(CC)C1C=CC1C(CC)CC=CC1(O)CC. The summed E-state index contributed by atoms with van der Waals surface area (Å²) < 4.78 is 0. The monoisotopic (exact) mass is 316 g/mol. The lowest BCUT2D eigenvalue weighted by Crippen LogP contribution is -2.41. The van der Waals surface area contributed by atoms with Crippen LogP contribution in [0.15, 0.2) is 36.5 Å². The van der Waals surface area contributed by atoms with Gasteiger partial charge in [-0.3, -0.25) is 0 Å². The van der Waals surface area contributed by atoms with E-state index in [0.29, 0.717) is 17.8 Å². The maximum Gasteiger partial charge on any atom is 0.0890 e. The minimum absolute atomic E-state index is 0.267. The summed E-state index contributed by atoms with van der Waals surface area (Å²) in [5.74, 6) is 2.90. The fourth-order valence-corrected chi connectivity index (χ4v) is 4.67. The Morgan fingerprint density at radius 1 is 0.957 bits per heavy atom. The highest BCUT2D eigenvalue weighted by Gasteiger charge is 2.38. The Balaban J connectivity index is 2.23. The highest BCUT2D eigenvalue weighted by molar-refractivity contribution is 5.18. The average molecular weight is 317 g/mol. The number of rotatable bonds is 6. The molecular weight excluding hydrogens is 280 g/mol. The van der Waals surface area contributed by atoms with Crippen molar-refractivity contribution in [2.45, 2.75) is 71.8 Å². The van der Waals surface area contributed by atoms with Crippen molar-refractivity contribution in [3.8, 4) is 0 Å². The van der Waals surface area contributed by atoms with Gasteiger partial charge in [-0.1, -0.05) is 77.0 Å². The molecule has 2 aliphatic rings. The van der Waals surface area contributed by atoms with E-state index < -0.39 is 5.60 Å². The van der Waals surface area contributed by atoms with Crippen LogP contribution in [0.3, 0.4) is 0 Å². The van der Waals surface area contributed by atoms with Gasteiger partial charge in [0.25, 0.3) is 0 Å². The molecule has 130 valence electrons. The smallest absolute Gasteiger partial charge is 0.0890 e. The first kappa shape index (κ1) is 18.5. The van der Waals surface area contributed by atoms with E-state index in [0.717, 1.165) is 25.2 Å². The first-order valence-electron chi connectivity index (χ1n) is 9.84. The van der Waals surface area contributed by atoms with Gasteiger partial charge in [-0.25, -0.2) is 0 Å². The van der Waals surface area contributed by atoms with Crippen molar-refractivity contribution in [2.24, 2.45) is 29.6 Å². The van der Waals surface area contributed by atoms with Crippen LogP contribution in [0, 0.1) is 29.6 Å². The minimum atomic E-state index is -0.649. The Morgan fingerprint density at radius 2 is 1.65 bits per heavy atom. The molecule has 0 fully saturated rings. The van der Waals surface area contributed by atoms with Crippen LogP contribution in [-0.4, -0.2) is 10.7 Å². The van der Waals surface area contributed by atoms with Crippen molar-refractivity contribution < 1.29 is 5.11 Å². The Kier molecular flexibility index (Phi) is 6.71. The van der Waals surface area contributed by atoms with Crippen molar-refractivity contribution in [1.82, 2.24) is 0 Å². The zero-order valence-electron chi connectivity index (χ0n) is 15.5. The molecule has 0 aromatic carbocycles. The summed E-state index contributed by atoms with van der Waals surface area (Å²) in [5.41, 5.74) is -0.649. The van der Waals surface area contributed by atoms with Crippen molar-refractivity contribution >= 4 is 0 Å². The third-order valence-corrected chi connectivity index (χ3v) is 6.42. The molecule has 0 saturated heterocycles. The van der Waals surface area contributed by atoms with Gasteiger partial charge in [0.2, 0.25) is 0 Å². The normalized spacial score (nSPS) is 40.8. The van der Waals surface area contributed by atoms with Gasteiger partial charge in [0.15, 0.2) is 0 Å². The maximum atomic E-state index is 11.1. The van der Waals surface area contributed by atoms with Crippen molar-refractivity contribution in [3.63, 3.8) is 0 Å². The summed E-state index contributed by atoms with van der Waals surface area (Å²) >= 11 is 0. The van der Waals surface area contributed by atoms with Crippen molar-refractivity contribution in [3.05, 3.63) is 36.5 Å². The van der Waals surface area contributed by atoms with Gasteiger partial charge in [-0.2, -0.15) is 0 Å². The second-order valence-electron chi connectivity index (χ2n) is 7.54. The van der Waals surface area contributed by atoms with Crippen molar-refractivity contribution in [2.75, 3.05) is 0 Å². The standard InChI is InChI=1S/C22H36O/c1-5-17-11-9-12-18(6-2)20(17)14-15-21-19(7-3)13-10-16-22(21,23)8-4/h9-11,14-21,23H,5-8,12-13H2,1-4H3.